The van der Waals surface area contributed by atoms with Crippen LogP contribution in [0.2, 0.25) is 0 Å². The van der Waals surface area contributed by atoms with Gasteiger partial charge >= 0.3 is 12.1 Å². The van der Waals surface area contributed by atoms with Gasteiger partial charge in [0.1, 0.15) is 6.61 Å². The number of allylic oxidation sites excluding steroid dienone is 1. The van der Waals surface area contributed by atoms with Gasteiger partial charge in [0.2, 0.25) is 0 Å². The van der Waals surface area contributed by atoms with Crippen LogP contribution in [-0.2, 0) is 15.7 Å². The lowest BCUT2D eigenvalue weighted by molar-refractivity contribution is -0.138. The molecule has 152 valence electrons. The summed E-state index contributed by atoms with van der Waals surface area (Å²) in [6, 6.07) is 6.07. The molecule has 1 atom stereocenters. The number of esters is 1. The van der Waals surface area contributed by atoms with Gasteiger partial charge in [0, 0.05) is 11.4 Å². The lowest BCUT2D eigenvalue weighted by atomic mass is 9.96. The van der Waals surface area contributed by atoms with Gasteiger partial charge in [-0.05, 0) is 59.7 Å². The molecule has 29 heavy (non-hydrogen) atoms. The van der Waals surface area contributed by atoms with Crippen molar-refractivity contribution < 1.29 is 22.7 Å². The number of thiophene rings is 1. The minimum Gasteiger partial charge on any atom is -0.458 e. The molecule has 3 rings (SSSR count). The number of ether oxygens (including phenoxy) is 1. The molecule has 1 aliphatic rings. The predicted octanol–water partition coefficient (Wildman–Crippen LogP) is 5.21. The zero-order valence-electron chi connectivity index (χ0n) is 15.3. The van der Waals surface area contributed by atoms with E-state index in [0.717, 1.165) is 17.7 Å². The van der Waals surface area contributed by atoms with Gasteiger partial charge in [0.15, 0.2) is 5.11 Å². The summed E-state index contributed by atoms with van der Waals surface area (Å²) in [5.41, 5.74) is 0.884. The van der Waals surface area contributed by atoms with Crippen LogP contribution in [-0.4, -0.2) is 17.7 Å². The lowest BCUT2D eigenvalue weighted by Gasteiger charge is -2.37. The molecule has 4 nitrogen and oxygen atoms in total. The number of halogens is 3. The van der Waals surface area contributed by atoms with Crippen molar-refractivity contribution in [2.75, 3.05) is 11.5 Å². The summed E-state index contributed by atoms with van der Waals surface area (Å²) < 4.78 is 44.7. The van der Waals surface area contributed by atoms with E-state index in [-0.39, 0.29) is 23.0 Å². The van der Waals surface area contributed by atoms with Crippen LogP contribution >= 0.6 is 23.6 Å². The Hall–Kier alpha value is -2.65. The van der Waals surface area contributed by atoms with Crippen molar-refractivity contribution in [2.45, 2.75) is 19.1 Å². The Morgan fingerprint density at radius 2 is 2.17 bits per heavy atom. The average Bonchev–Trinajstić information content (AvgIpc) is 3.20. The lowest BCUT2D eigenvalue weighted by Crippen LogP contribution is -2.48. The number of hydrogen-bond donors (Lipinski definition) is 1. The maximum atomic E-state index is 13.2. The summed E-state index contributed by atoms with van der Waals surface area (Å²) in [6.45, 7) is 5.18. The molecule has 1 aliphatic heterocycles. The maximum Gasteiger partial charge on any atom is 0.416 e. The second-order valence-corrected chi connectivity index (χ2v) is 7.38. The summed E-state index contributed by atoms with van der Waals surface area (Å²) >= 11 is 6.89. The number of carbonyl (C=O) groups excluding carboxylic acids is 1. The molecule has 1 unspecified atom stereocenters. The number of benzene rings is 1. The van der Waals surface area contributed by atoms with E-state index in [1.54, 1.807) is 6.92 Å². The van der Waals surface area contributed by atoms with Crippen LogP contribution in [0.1, 0.15) is 24.1 Å². The van der Waals surface area contributed by atoms with Crippen LogP contribution in [0.4, 0.5) is 18.9 Å². The highest BCUT2D eigenvalue weighted by atomic mass is 32.1. The van der Waals surface area contributed by atoms with E-state index in [2.05, 4.69) is 11.9 Å². The first-order valence-electron chi connectivity index (χ1n) is 8.52. The van der Waals surface area contributed by atoms with E-state index in [0.29, 0.717) is 5.70 Å². The minimum absolute atomic E-state index is 0.0139. The third-order valence-corrected chi connectivity index (χ3v) is 5.35. The number of nitrogens with zero attached hydrogens (tertiary/aromatic N) is 1. The van der Waals surface area contributed by atoms with Crippen LogP contribution in [0.3, 0.4) is 0 Å². The van der Waals surface area contributed by atoms with Crippen molar-refractivity contribution in [3.63, 3.8) is 0 Å². The third kappa shape index (κ3) is 4.35. The highest BCUT2D eigenvalue weighted by Crippen LogP contribution is 2.37. The standard InChI is InChI=1S/C20H17F3N2O2S2/c1-3-8-27-18(26)16-12(2)25(15-6-4-5-14(10-15)20(21,22)23)19(28)24-17(16)13-7-9-29-11-13/h3-7,9-11,17H,1,8H2,2H3,(H,24,28). The van der Waals surface area contributed by atoms with Crippen molar-refractivity contribution in [1.29, 1.82) is 0 Å². The van der Waals surface area contributed by atoms with Crippen LogP contribution in [0.15, 0.2) is 65.0 Å². The first kappa shape index (κ1) is 21.1. The fraction of sp³-hybridized carbons (Fsp3) is 0.200. The zero-order chi connectivity index (χ0) is 21.2. The number of carbonyl (C=O) groups is 1. The summed E-state index contributed by atoms with van der Waals surface area (Å²) in [6.07, 6.45) is -3.05. The van der Waals surface area contributed by atoms with Gasteiger partial charge in [0.05, 0.1) is 17.2 Å². The van der Waals surface area contributed by atoms with Crippen LogP contribution in [0, 0.1) is 0 Å². The van der Waals surface area contributed by atoms with Gasteiger partial charge in [-0.25, -0.2) is 4.79 Å². The SMILES string of the molecule is C=CCOC(=O)C1=C(C)N(c2cccc(C(F)(F)F)c2)C(=S)NC1c1ccsc1. The summed E-state index contributed by atoms with van der Waals surface area (Å²) in [5, 5.41) is 6.99. The highest BCUT2D eigenvalue weighted by molar-refractivity contribution is 7.80. The van der Waals surface area contributed by atoms with E-state index in [9.17, 15) is 18.0 Å². The van der Waals surface area contributed by atoms with Gasteiger partial charge in [-0.15, -0.1) is 0 Å². The molecule has 0 bridgehead atoms. The van der Waals surface area contributed by atoms with E-state index >= 15 is 0 Å². The quantitative estimate of drug-likeness (QED) is 0.395. The van der Waals surface area contributed by atoms with Gasteiger partial charge < -0.3 is 10.1 Å². The Balaban J connectivity index is 2.11. The van der Waals surface area contributed by atoms with Crippen molar-refractivity contribution in [1.82, 2.24) is 5.32 Å². The normalized spacial score (nSPS) is 17.2. The first-order chi connectivity index (χ1) is 13.7. The fourth-order valence-electron chi connectivity index (χ4n) is 3.04. The molecule has 0 saturated heterocycles. The van der Waals surface area contributed by atoms with E-state index < -0.39 is 23.8 Å². The Morgan fingerprint density at radius 1 is 1.41 bits per heavy atom. The second-order valence-electron chi connectivity index (χ2n) is 6.21. The molecule has 2 heterocycles. The number of thiocarbonyl (C=S) groups is 1. The molecule has 2 aromatic rings. The Morgan fingerprint density at radius 3 is 2.79 bits per heavy atom. The average molecular weight is 438 g/mol. The highest BCUT2D eigenvalue weighted by Gasteiger charge is 2.37. The van der Waals surface area contributed by atoms with E-state index in [4.69, 9.17) is 17.0 Å². The van der Waals surface area contributed by atoms with Crippen LogP contribution in [0.5, 0.6) is 0 Å². The van der Waals surface area contributed by atoms with Crippen molar-refractivity contribution in [3.05, 3.63) is 76.1 Å². The molecule has 1 aromatic carbocycles. The number of anilines is 1. The van der Waals surface area contributed by atoms with Crippen molar-refractivity contribution in [3.8, 4) is 0 Å². The number of hydrogen-bond acceptors (Lipinski definition) is 4. The van der Waals surface area contributed by atoms with Gasteiger partial charge in [0.25, 0.3) is 0 Å². The maximum absolute atomic E-state index is 13.2. The minimum atomic E-state index is -4.50. The molecule has 0 amide bonds. The Bertz CT molecular complexity index is 968. The van der Waals surface area contributed by atoms with Gasteiger partial charge in [-0.1, -0.05) is 18.7 Å². The van der Waals surface area contributed by atoms with E-state index in [1.807, 2.05) is 16.8 Å². The molecular weight excluding hydrogens is 421 g/mol. The molecular formula is C20H17F3N2O2S2. The predicted molar refractivity (Wildman–Crippen MR) is 111 cm³/mol. The fourth-order valence-corrected chi connectivity index (χ4v) is 4.09. The largest absolute Gasteiger partial charge is 0.458 e. The zero-order valence-corrected chi connectivity index (χ0v) is 17.0. The van der Waals surface area contributed by atoms with Crippen LogP contribution < -0.4 is 10.2 Å². The number of rotatable bonds is 5. The second kappa shape index (κ2) is 8.38. The molecule has 1 aromatic heterocycles. The third-order valence-electron chi connectivity index (χ3n) is 4.35. The monoisotopic (exact) mass is 438 g/mol. The first-order valence-corrected chi connectivity index (χ1v) is 9.88. The molecule has 0 aliphatic carbocycles. The van der Waals surface area contributed by atoms with E-state index in [1.165, 1.54) is 34.4 Å². The van der Waals surface area contributed by atoms with Gasteiger partial charge in [-0.2, -0.15) is 24.5 Å². The molecule has 1 N–H and O–H groups in total. The smallest absolute Gasteiger partial charge is 0.416 e. The van der Waals surface area contributed by atoms with Crippen molar-refractivity contribution >= 4 is 40.3 Å². The number of nitrogens with one attached hydrogen (secondary N) is 1. The molecule has 0 spiro atoms. The summed E-state index contributed by atoms with van der Waals surface area (Å²) in [7, 11) is 0. The van der Waals surface area contributed by atoms with Gasteiger partial charge in [-0.3, -0.25) is 4.90 Å². The van der Waals surface area contributed by atoms with Crippen molar-refractivity contribution in [2.24, 2.45) is 0 Å². The Kier molecular flexibility index (Phi) is 6.09. The molecule has 0 saturated carbocycles. The molecule has 0 radical (unpaired) electrons. The molecule has 0 fully saturated rings. The summed E-state index contributed by atoms with van der Waals surface area (Å²) in [5.74, 6) is -0.592. The molecule has 9 heteroatoms. The Labute approximate surface area is 175 Å². The topological polar surface area (TPSA) is 41.6 Å². The van der Waals surface area contributed by atoms with Crippen LogP contribution in [0.25, 0.3) is 0 Å². The number of alkyl halides is 3. The summed E-state index contributed by atoms with van der Waals surface area (Å²) in [4.78, 5) is 14.2.